The van der Waals surface area contributed by atoms with E-state index in [9.17, 15) is 22.8 Å². The SMILES string of the molecule is CCOC(=O)CCCn1cc(/C=C2/CNCCC2SC(C)=O)nn1.O=C(O)C(F)(F)F. The highest BCUT2D eigenvalue weighted by Crippen LogP contribution is 2.26. The highest BCUT2D eigenvalue weighted by Gasteiger charge is 2.38. The Labute approximate surface area is 181 Å². The molecule has 31 heavy (non-hydrogen) atoms. The Morgan fingerprint density at radius 1 is 1.42 bits per heavy atom. The van der Waals surface area contributed by atoms with Crippen molar-refractivity contribution >= 4 is 34.9 Å². The molecule has 1 aliphatic rings. The van der Waals surface area contributed by atoms with Gasteiger partial charge in [-0.25, -0.2) is 4.79 Å². The van der Waals surface area contributed by atoms with E-state index in [2.05, 4.69) is 15.6 Å². The van der Waals surface area contributed by atoms with E-state index in [4.69, 9.17) is 14.6 Å². The van der Waals surface area contributed by atoms with Crippen molar-refractivity contribution in [2.24, 2.45) is 0 Å². The highest BCUT2D eigenvalue weighted by molar-refractivity contribution is 8.14. The van der Waals surface area contributed by atoms with Gasteiger partial charge in [0.05, 0.1) is 12.8 Å². The molecule has 2 heterocycles. The van der Waals surface area contributed by atoms with Crippen LogP contribution in [0.2, 0.25) is 0 Å². The predicted octanol–water partition coefficient (Wildman–Crippen LogP) is 2.28. The molecule has 0 radical (unpaired) electrons. The van der Waals surface area contributed by atoms with E-state index in [1.54, 1.807) is 18.5 Å². The standard InChI is InChI=1S/C16H24N4O3S.C2HF3O2/c1-3-23-16(22)5-4-8-20-11-14(18-19-20)9-13-10-17-7-6-15(13)24-12(2)21;3-2(4,5)1(6)7/h9,11,15,17H,3-8,10H2,1-2H3;(H,6,7)/b13-9-;. The van der Waals surface area contributed by atoms with Crippen molar-refractivity contribution in [3.05, 3.63) is 17.5 Å². The Balaban J connectivity index is 0.000000592. The molecule has 0 amide bonds. The minimum Gasteiger partial charge on any atom is -0.475 e. The van der Waals surface area contributed by atoms with Crippen LogP contribution in [-0.4, -0.2) is 68.3 Å². The van der Waals surface area contributed by atoms with Crippen LogP contribution < -0.4 is 5.32 Å². The first kappa shape index (κ1) is 26.6. The second-order valence-electron chi connectivity index (χ2n) is 6.40. The van der Waals surface area contributed by atoms with E-state index in [-0.39, 0.29) is 16.3 Å². The molecule has 1 atom stereocenters. The summed E-state index contributed by atoms with van der Waals surface area (Å²) < 4.78 is 38.4. The largest absolute Gasteiger partial charge is 0.490 e. The van der Waals surface area contributed by atoms with Crippen LogP contribution in [0.4, 0.5) is 13.2 Å². The number of carboxylic acids is 1. The number of esters is 1. The van der Waals surface area contributed by atoms with Crippen LogP contribution in [0.1, 0.15) is 38.8 Å². The molecular formula is C18H25F3N4O5S. The molecule has 2 rings (SSSR count). The number of carboxylic acid groups (broad SMARTS) is 1. The highest BCUT2D eigenvalue weighted by atomic mass is 32.2. The van der Waals surface area contributed by atoms with Crippen LogP contribution in [-0.2, 0) is 25.7 Å². The summed E-state index contributed by atoms with van der Waals surface area (Å²) in [6.07, 6.45) is 0.765. The van der Waals surface area contributed by atoms with Crippen LogP contribution in [0.5, 0.6) is 0 Å². The lowest BCUT2D eigenvalue weighted by molar-refractivity contribution is -0.192. The Morgan fingerprint density at radius 3 is 2.68 bits per heavy atom. The lowest BCUT2D eigenvalue weighted by atomic mass is 10.1. The number of aromatic nitrogens is 3. The molecule has 0 aliphatic carbocycles. The van der Waals surface area contributed by atoms with Crippen molar-refractivity contribution in [2.45, 2.75) is 51.1 Å². The van der Waals surface area contributed by atoms with E-state index >= 15 is 0 Å². The van der Waals surface area contributed by atoms with E-state index in [0.717, 1.165) is 25.2 Å². The molecule has 1 saturated heterocycles. The number of thioether (sulfide) groups is 1. The second-order valence-corrected chi connectivity index (χ2v) is 7.78. The normalized spacial score (nSPS) is 17.6. The third-order valence-electron chi connectivity index (χ3n) is 3.84. The summed E-state index contributed by atoms with van der Waals surface area (Å²) in [4.78, 5) is 31.6. The fourth-order valence-corrected chi connectivity index (χ4v) is 3.48. The molecule has 1 aromatic rings. The summed E-state index contributed by atoms with van der Waals surface area (Å²) in [5.74, 6) is -2.94. The van der Waals surface area contributed by atoms with Crippen LogP contribution in [0, 0.1) is 0 Å². The number of nitrogens with zero attached hydrogens (tertiary/aromatic N) is 3. The molecule has 174 valence electrons. The number of alkyl halides is 3. The molecule has 1 aliphatic heterocycles. The summed E-state index contributed by atoms with van der Waals surface area (Å²) in [6.45, 7) is 6.12. The molecule has 0 bridgehead atoms. The smallest absolute Gasteiger partial charge is 0.475 e. The minimum absolute atomic E-state index is 0.135. The zero-order chi connectivity index (χ0) is 23.4. The minimum atomic E-state index is -5.08. The van der Waals surface area contributed by atoms with E-state index in [1.807, 2.05) is 12.3 Å². The fourth-order valence-electron chi connectivity index (χ4n) is 2.54. The maximum atomic E-state index is 11.4. The average molecular weight is 466 g/mol. The summed E-state index contributed by atoms with van der Waals surface area (Å²) in [6, 6.07) is 0. The molecule has 0 aromatic carbocycles. The first-order valence-corrected chi connectivity index (χ1v) is 10.3. The third kappa shape index (κ3) is 11.0. The molecular weight excluding hydrogens is 441 g/mol. The van der Waals surface area contributed by atoms with Gasteiger partial charge in [-0.2, -0.15) is 13.2 Å². The topological polar surface area (TPSA) is 123 Å². The summed E-state index contributed by atoms with van der Waals surface area (Å²) in [5.41, 5.74) is 1.94. The van der Waals surface area contributed by atoms with Gasteiger partial charge in [0.15, 0.2) is 5.12 Å². The number of ether oxygens (including phenoxy) is 1. The second kappa shape index (κ2) is 13.1. The first-order chi connectivity index (χ1) is 14.5. The van der Waals surface area contributed by atoms with Crippen molar-refractivity contribution in [2.75, 3.05) is 19.7 Å². The van der Waals surface area contributed by atoms with Crippen molar-refractivity contribution in [1.29, 1.82) is 0 Å². The van der Waals surface area contributed by atoms with E-state index in [1.165, 1.54) is 17.3 Å². The lowest BCUT2D eigenvalue weighted by Crippen LogP contribution is -2.32. The van der Waals surface area contributed by atoms with Crippen LogP contribution in [0.15, 0.2) is 11.8 Å². The molecule has 1 aromatic heterocycles. The molecule has 9 nitrogen and oxygen atoms in total. The summed E-state index contributed by atoms with van der Waals surface area (Å²) >= 11 is 1.38. The predicted molar refractivity (Wildman–Crippen MR) is 107 cm³/mol. The number of hydrogen-bond acceptors (Lipinski definition) is 8. The number of aliphatic carboxylic acids is 1. The van der Waals surface area contributed by atoms with Gasteiger partial charge in [-0.05, 0) is 38.0 Å². The quantitative estimate of drug-likeness (QED) is 0.583. The number of carbonyl (C=O) groups excluding carboxylic acids is 2. The van der Waals surface area contributed by atoms with Crippen molar-refractivity contribution in [1.82, 2.24) is 20.3 Å². The average Bonchev–Trinajstić information content (AvgIpc) is 3.10. The number of nitrogens with one attached hydrogen (secondary N) is 1. The van der Waals surface area contributed by atoms with Gasteiger partial charge in [0, 0.05) is 31.7 Å². The Morgan fingerprint density at radius 2 is 2.10 bits per heavy atom. The van der Waals surface area contributed by atoms with Gasteiger partial charge in [-0.3, -0.25) is 14.3 Å². The number of aryl methyl sites for hydroxylation is 1. The summed E-state index contributed by atoms with van der Waals surface area (Å²) in [5, 5.41) is 19.0. The monoisotopic (exact) mass is 466 g/mol. The van der Waals surface area contributed by atoms with Gasteiger partial charge in [-0.1, -0.05) is 17.0 Å². The molecule has 0 saturated carbocycles. The molecule has 1 unspecified atom stereocenters. The van der Waals surface area contributed by atoms with Crippen LogP contribution >= 0.6 is 11.8 Å². The third-order valence-corrected chi connectivity index (χ3v) is 4.99. The lowest BCUT2D eigenvalue weighted by Gasteiger charge is -2.24. The molecule has 1 fully saturated rings. The Hall–Kier alpha value is -2.41. The number of carbonyl (C=O) groups is 3. The number of piperidine rings is 1. The van der Waals surface area contributed by atoms with Crippen molar-refractivity contribution in [3.63, 3.8) is 0 Å². The number of halogens is 3. The molecule has 13 heteroatoms. The summed E-state index contributed by atoms with van der Waals surface area (Å²) in [7, 11) is 0. The molecule has 2 N–H and O–H groups in total. The van der Waals surface area contributed by atoms with Crippen molar-refractivity contribution < 1.29 is 37.4 Å². The van der Waals surface area contributed by atoms with Gasteiger partial charge < -0.3 is 15.2 Å². The van der Waals surface area contributed by atoms with Crippen LogP contribution in [0.3, 0.4) is 0 Å². The molecule has 0 spiro atoms. The Kier molecular flexibility index (Phi) is 11.3. The number of rotatable bonds is 7. The maximum absolute atomic E-state index is 11.4. The van der Waals surface area contributed by atoms with E-state index in [0.29, 0.717) is 26.0 Å². The van der Waals surface area contributed by atoms with E-state index < -0.39 is 12.1 Å². The number of hydrogen-bond donors (Lipinski definition) is 2. The van der Waals surface area contributed by atoms with Gasteiger partial charge in [0.2, 0.25) is 0 Å². The van der Waals surface area contributed by atoms with Gasteiger partial charge in [-0.15, -0.1) is 5.10 Å². The van der Waals surface area contributed by atoms with Gasteiger partial charge >= 0.3 is 18.1 Å². The zero-order valence-corrected chi connectivity index (χ0v) is 18.0. The first-order valence-electron chi connectivity index (χ1n) is 9.47. The Bertz CT molecular complexity index is 782. The van der Waals surface area contributed by atoms with Gasteiger partial charge in [0.25, 0.3) is 0 Å². The fraction of sp³-hybridized carbons (Fsp3) is 0.611. The van der Waals surface area contributed by atoms with Gasteiger partial charge in [0.1, 0.15) is 5.69 Å². The zero-order valence-electron chi connectivity index (χ0n) is 17.1. The van der Waals surface area contributed by atoms with Crippen molar-refractivity contribution in [3.8, 4) is 0 Å². The maximum Gasteiger partial charge on any atom is 0.490 e. The van der Waals surface area contributed by atoms with Crippen LogP contribution in [0.25, 0.3) is 6.08 Å².